The molecule has 0 saturated carbocycles. The van der Waals surface area contributed by atoms with Crippen molar-refractivity contribution >= 4 is 45.9 Å². The number of benzene rings is 3. The molecule has 2 N–H and O–H groups in total. The fourth-order valence-electron chi connectivity index (χ4n) is 3.61. The number of hydrogen-bond donors (Lipinski definition) is 2. The first-order valence-electron chi connectivity index (χ1n) is 9.95. The highest BCUT2D eigenvalue weighted by Crippen LogP contribution is 2.40. The summed E-state index contributed by atoms with van der Waals surface area (Å²) in [4.78, 5) is 36.2. The number of halogens is 2. The summed E-state index contributed by atoms with van der Waals surface area (Å²) in [5, 5.41) is 2.04. The molecule has 162 valence electrons. The molecule has 0 fully saturated rings. The topological polar surface area (TPSA) is 78.6 Å². The Kier molecular flexibility index (Phi) is 5.81. The van der Waals surface area contributed by atoms with E-state index in [4.69, 9.17) is 23.2 Å². The number of hydrogen-bond acceptors (Lipinski definition) is 4. The van der Waals surface area contributed by atoms with Crippen LogP contribution in [0, 0.1) is 0 Å². The SMILES string of the molecule is O=c1cc(-c2ccccc2)nc(Sc2c(-c3ccccc3Cl)c3cc(Cl)ccc3[nH]c2=O)[nH]1. The van der Waals surface area contributed by atoms with Crippen LogP contribution < -0.4 is 11.1 Å². The number of H-pyrrole nitrogens is 2. The second-order valence-electron chi connectivity index (χ2n) is 7.23. The normalized spacial score (nSPS) is 11.1. The Morgan fingerprint density at radius 1 is 0.818 bits per heavy atom. The molecule has 0 bridgehead atoms. The second-order valence-corrected chi connectivity index (χ2v) is 9.07. The lowest BCUT2D eigenvalue weighted by molar-refractivity contribution is 0.941. The zero-order valence-corrected chi connectivity index (χ0v) is 19.3. The van der Waals surface area contributed by atoms with E-state index in [1.54, 1.807) is 24.3 Å². The Hall–Kier alpha value is -3.32. The van der Waals surface area contributed by atoms with Gasteiger partial charge in [0.15, 0.2) is 5.16 Å². The number of nitrogens with zero attached hydrogens (tertiary/aromatic N) is 1. The molecule has 0 saturated heterocycles. The highest BCUT2D eigenvalue weighted by Gasteiger charge is 2.19. The van der Waals surface area contributed by atoms with E-state index in [0.29, 0.717) is 42.4 Å². The van der Waals surface area contributed by atoms with E-state index in [1.807, 2.05) is 48.5 Å². The molecule has 5 nitrogen and oxygen atoms in total. The average Bonchev–Trinajstić information content (AvgIpc) is 2.81. The van der Waals surface area contributed by atoms with Gasteiger partial charge in [0.2, 0.25) is 0 Å². The first-order valence-corrected chi connectivity index (χ1v) is 11.5. The molecule has 0 unspecified atom stereocenters. The highest BCUT2D eigenvalue weighted by atomic mass is 35.5. The maximum absolute atomic E-state index is 13.2. The zero-order valence-electron chi connectivity index (χ0n) is 16.9. The summed E-state index contributed by atoms with van der Waals surface area (Å²) in [6.07, 6.45) is 0. The number of aromatic amines is 2. The molecule has 8 heteroatoms. The van der Waals surface area contributed by atoms with Crippen LogP contribution in [0.25, 0.3) is 33.3 Å². The van der Waals surface area contributed by atoms with Crippen molar-refractivity contribution in [3.8, 4) is 22.4 Å². The van der Waals surface area contributed by atoms with E-state index in [2.05, 4.69) is 15.0 Å². The standard InChI is InChI=1S/C25H15Cl2N3O2S/c26-15-10-11-19-17(12-15)22(16-8-4-5-9-18(16)27)23(24(32)28-19)33-25-29-20(13-21(31)30-25)14-6-2-1-3-7-14/h1-13H,(H,28,32)(H,29,30,31). The quantitative estimate of drug-likeness (QED) is 0.285. The fourth-order valence-corrected chi connectivity index (χ4v) is 4.97. The third-order valence-corrected chi connectivity index (χ3v) is 6.61. The van der Waals surface area contributed by atoms with Crippen LogP contribution in [-0.2, 0) is 0 Å². The summed E-state index contributed by atoms with van der Waals surface area (Å²) in [6.45, 7) is 0. The molecule has 0 radical (unpaired) electrons. The highest BCUT2D eigenvalue weighted by molar-refractivity contribution is 7.99. The van der Waals surface area contributed by atoms with Crippen LogP contribution in [0.15, 0.2) is 98.5 Å². The second kappa shape index (κ2) is 8.90. The molecule has 0 aliphatic heterocycles. The lowest BCUT2D eigenvalue weighted by atomic mass is 10.0. The van der Waals surface area contributed by atoms with Crippen LogP contribution in [0.5, 0.6) is 0 Å². The van der Waals surface area contributed by atoms with Crippen LogP contribution in [0.1, 0.15) is 0 Å². The Labute approximate surface area is 202 Å². The van der Waals surface area contributed by atoms with Crippen LogP contribution in [0.4, 0.5) is 0 Å². The van der Waals surface area contributed by atoms with Crippen molar-refractivity contribution in [2.75, 3.05) is 0 Å². The molecule has 0 amide bonds. The summed E-state index contributed by atoms with van der Waals surface area (Å²) in [7, 11) is 0. The van der Waals surface area contributed by atoms with E-state index >= 15 is 0 Å². The molecule has 0 aliphatic carbocycles. The Bertz CT molecular complexity index is 1610. The van der Waals surface area contributed by atoms with E-state index in [0.717, 1.165) is 22.7 Å². The fraction of sp³-hybridized carbons (Fsp3) is 0. The van der Waals surface area contributed by atoms with E-state index in [9.17, 15) is 9.59 Å². The summed E-state index contributed by atoms with van der Waals surface area (Å²) in [5.74, 6) is 0. The number of pyridine rings is 1. The van der Waals surface area contributed by atoms with Gasteiger partial charge in [-0.3, -0.25) is 9.59 Å². The zero-order chi connectivity index (χ0) is 22.9. The molecule has 2 heterocycles. The molecule has 0 atom stereocenters. The van der Waals surface area contributed by atoms with Gasteiger partial charge >= 0.3 is 0 Å². The maximum atomic E-state index is 13.2. The van der Waals surface area contributed by atoms with Gasteiger partial charge < -0.3 is 9.97 Å². The van der Waals surface area contributed by atoms with Gasteiger partial charge in [0, 0.05) is 43.7 Å². The van der Waals surface area contributed by atoms with Gasteiger partial charge in [-0.2, -0.15) is 0 Å². The molecule has 3 aromatic carbocycles. The van der Waals surface area contributed by atoms with Crippen LogP contribution in [0.2, 0.25) is 10.0 Å². The Balaban J connectivity index is 1.75. The molecule has 5 rings (SSSR count). The maximum Gasteiger partial charge on any atom is 0.263 e. The van der Waals surface area contributed by atoms with Crippen LogP contribution in [0.3, 0.4) is 0 Å². The predicted octanol–water partition coefficient (Wildman–Crippen LogP) is 6.40. The van der Waals surface area contributed by atoms with Gasteiger partial charge in [-0.15, -0.1) is 0 Å². The summed E-state index contributed by atoms with van der Waals surface area (Å²) in [6, 6.07) is 23.3. The van der Waals surface area contributed by atoms with Gasteiger partial charge in [-0.25, -0.2) is 4.98 Å². The Morgan fingerprint density at radius 3 is 2.36 bits per heavy atom. The largest absolute Gasteiger partial charge is 0.321 e. The minimum Gasteiger partial charge on any atom is -0.321 e. The van der Waals surface area contributed by atoms with Crippen molar-refractivity contribution < 1.29 is 0 Å². The average molecular weight is 492 g/mol. The Morgan fingerprint density at radius 2 is 1.58 bits per heavy atom. The first kappa shape index (κ1) is 21.5. The number of rotatable bonds is 4. The minimum atomic E-state index is -0.322. The molecule has 5 aromatic rings. The van der Waals surface area contributed by atoms with Crippen molar-refractivity contribution in [1.29, 1.82) is 0 Å². The summed E-state index contributed by atoms with van der Waals surface area (Å²) in [5.41, 5.74) is 2.62. The van der Waals surface area contributed by atoms with Gasteiger partial charge in [0.25, 0.3) is 11.1 Å². The molecule has 33 heavy (non-hydrogen) atoms. The van der Waals surface area contributed by atoms with E-state index in [1.165, 1.54) is 6.07 Å². The van der Waals surface area contributed by atoms with Crippen LogP contribution >= 0.6 is 35.0 Å². The van der Waals surface area contributed by atoms with Gasteiger partial charge in [-0.05, 0) is 36.0 Å². The first-order chi connectivity index (χ1) is 16.0. The van der Waals surface area contributed by atoms with E-state index < -0.39 is 0 Å². The van der Waals surface area contributed by atoms with E-state index in [-0.39, 0.29) is 11.1 Å². The van der Waals surface area contributed by atoms with Gasteiger partial charge in [-0.1, -0.05) is 71.7 Å². The lowest BCUT2D eigenvalue weighted by Gasteiger charge is -2.14. The minimum absolute atomic E-state index is 0.293. The summed E-state index contributed by atoms with van der Waals surface area (Å²) >= 11 is 13.9. The van der Waals surface area contributed by atoms with Crippen molar-refractivity contribution in [2.45, 2.75) is 10.1 Å². The number of fused-ring (bicyclic) bond motifs is 1. The van der Waals surface area contributed by atoms with Crippen molar-refractivity contribution in [3.63, 3.8) is 0 Å². The van der Waals surface area contributed by atoms with Crippen LogP contribution in [-0.4, -0.2) is 15.0 Å². The van der Waals surface area contributed by atoms with Crippen molar-refractivity contribution in [2.24, 2.45) is 0 Å². The van der Waals surface area contributed by atoms with Crippen molar-refractivity contribution in [1.82, 2.24) is 15.0 Å². The number of aromatic nitrogens is 3. The van der Waals surface area contributed by atoms with Gasteiger partial charge in [0.1, 0.15) is 0 Å². The molecular weight excluding hydrogens is 477 g/mol. The third-order valence-electron chi connectivity index (χ3n) is 5.06. The molecule has 0 spiro atoms. The molecular formula is C25H15Cl2N3O2S. The number of nitrogens with one attached hydrogen (secondary N) is 2. The molecule has 0 aliphatic rings. The monoisotopic (exact) mass is 491 g/mol. The third kappa shape index (κ3) is 4.33. The predicted molar refractivity (Wildman–Crippen MR) is 134 cm³/mol. The van der Waals surface area contributed by atoms with Crippen molar-refractivity contribution in [3.05, 3.63) is 110 Å². The van der Waals surface area contributed by atoms with Gasteiger partial charge in [0.05, 0.1) is 10.6 Å². The smallest absolute Gasteiger partial charge is 0.263 e. The molecule has 2 aromatic heterocycles. The summed E-state index contributed by atoms with van der Waals surface area (Å²) < 4.78 is 0. The lowest BCUT2D eigenvalue weighted by Crippen LogP contribution is -2.13.